The fraction of sp³-hybridized carbons (Fsp3) is 0.296. The number of hydrazone groups is 1. The van der Waals surface area contributed by atoms with Gasteiger partial charge in [0.25, 0.3) is 11.8 Å². The summed E-state index contributed by atoms with van der Waals surface area (Å²) in [5.74, 6) is 0.872. The molecule has 0 spiro atoms. The number of rotatable bonds is 8. The number of benzene rings is 2. The van der Waals surface area contributed by atoms with E-state index < -0.39 is 11.8 Å². The Balaban J connectivity index is 1.84. The maximum Gasteiger partial charge on any atom is 0.287 e. The first kappa shape index (κ1) is 24.8. The second-order valence-electron chi connectivity index (χ2n) is 8.34. The molecule has 0 aliphatic heterocycles. The lowest BCUT2D eigenvalue weighted by Crippen LogP contribution is -2.33. The van der Waals surface area contributed by atoms with E-state index in [4.69, 9.17) is 9.47 Å². The van der Waals surface area contributed by atoms with Gasteiger partial charge >= 0.3 is 0 Å². The lowest BCUT2D eigenvalue weighted by Gasteiger charge is -2.24. The van der Waals surface area contributed by atoms with Crippen molar-refractivity contribution in [1.82, 2.24) is 10.7 Å². The van der Waals surface area contributed by atoms with Crippen LogP contribution >= 0.6 is 0 Å². The lowest BCUT2D eigenvalue weighted by molar-refractivity contribution is -0.117. The summed E-state index contributed by atoms with van der Waals surface area (Å²) in [5.41, 5.74) is 5.02. The smallest absolute Gasteiger partial charge is 0.287 e. The van der Waals surface area contributed by atoms with E-state index in [1.54, 1.807) is 61.9 Å². The summed E-state index contributed by atoms with van der Waals surface area (Å²) in [7, 11) is 3.09. The summed E-state index contributed by atoms with van der Waals surface area (Å²) in [6.07, 6.45) is 7.44. The molecule has 2 atom stereocenters. The molecule has 2 N–H and O–H groups in total. The quantitative estimate of drug-likeness (QED) is 0.261. The van der Waals surface area contributed by atoms with E-state index in [0.717, 1.165) is 12.8 Å². The van der Waals surface area contributed by atoms with Crippen molar-refractivity contribution in [2.24, 2.45) is 16.9 Å². The third kappa shape index (κ3) is 6.57. The monoisotopic (exact) mass is 461 g/mol. The molecule has 1 aliphatic rings. The van der Waals surface area contributed by atoms with Gasteiger partial charge in [-0.2, -0.15) is 5.10 Å². The molecule has 2 aromatic carbocycles. The van der Waals surface area contributed by atoms with E-state index in [1.807, 2.05) is 6.07 Å². The average molecular weight is 462 g/mol. The zero-order chi connectivity index (χ0) is 24.5. The van der Waals surface area contributed by atoms with Gasteiger partial charge in [0.15, 0.2) is 0 Å². The largest absolute Gasteiger partial charge is 0.497 e. The lowest BCUT2D eigenvalue weighted by atomic mass is 9.82. The third-order valence-corrected chi connectivity index (χ3v) is 5.81. The van der Waals surface area contributed by atoms with Gasteiger partial charge in [-0.3, -0.25) is 9.59 Å². The highest BCUT2D eigenvalue weighted by atomic mass is 16.5. The van der Waals surface area contributed by atoms with Crippen LogP contribution in [0.15, 0.2) is 71.0 Å². The molecule has 178 valence electrons. The van der Waals surface area contributed by atoms with E-state index in [0.29, 0.717) is 28.5 Å². The minimum Gasteiger partial charge on any atom is -0.497 e. The van der Waals surface area contributed by atoms with Gasteiger partial charge in [0.05, 0.1) is 14.2 Å². The van der Waals surface area contributed by atoms with Gasteiger partial charge in [0.1, 0.15) is 17.2 Å². The zero-order valence-corrected chi connectivity index (χ0v) is 20.0. The molecule has 0 heterocycles. The fourth-order valence-corrected chi connectivity index (χ4v) is 3.81. The van der Waals surface area contributed by atoms with Crippen molar-refractivity contribution in [3.05, 3.63) is 77.0 Å². The van der Waals surface area contributed by atoms with Gasteiger partial charge in [0.2, 0.25) is 0 Å². The maximum absolute atomic E-state index is 13.0. The van der Waals surface area contributed by atoms with Crippen molar-refractivity contribution in [3.8, 4) is 11.5 Å². The molecule has 0 bridgehead atoms. The van der Waals surface area contributed by atoms with Crippen molar-refractivity contribution >= 4 is 24.1 Å². The normalized spacial score (nSPS) is 18.2. The molecular weight excluding hydrogens is 430 g/mol. The van der Waals surface area contributed by atoms with E-state index >= 15 is 0 Å². The van der Waals surface area contributed by atoms with E-state index in [2.05, 4.69) is 35.8 Å². The Morgan fingerprint density at radius 2 is 1.85 bits per heavy atom. The summed E-state index contributed by atoms with van der Waals surface area (Å²) in [4.78, 5) is 25.8. The van der Waals surface area contributed by atoms with E-state index in [1.165, 1.54) is 12.7 Å². The van der Waals surface area contributed by atoms with Crippen LogP contribution in [-0.4, -0.2) is 32.2 Å². The molecular formula is C27H31N3O4. The van der Waals surface area contributed by atoms with Crippen molar-refractivity contribution in [2.75, 3.05) is 14.2 Å². The second kappa shape index (κ2) is 11.8. The molecule has 0 saturated carbocycles. The molecule has 34 heavy (non-hydrogen) atoms. The molecule has 2 amide bonds. The highest BCUT2D eigenvalue weighted by molar-refractivity contribution is 6.05. The highest BCUT2D eigenvalue weighted by Gasteiger charge is 2.20. The number of nitrogens with one attached hydrogen (secondary N) is 2. The van der Waals surface area contributed by atoms with Crippen molar-refractivity contribution in [1.29, 1.82) is 0 Å². The van der Waals surface area contributed by atoms with Gasteiger partial charge in [-0.05, 0) is 56.0 Å². The number of ether oxygens (including phenoxy) is 2. The topological polar surface area (TPSA) is 89.0 Å². The predicted octanol–water partition coefficient (Wildman–Crippen LogP) is 4.57. The SMILES string of the molecule is COc1ccc(/C=C(\NC(=O)c2ccccc2)C(=O)N/N=C\[C@H]2CC=C(C)C[C@@H]2C)c(OC)c1. The molecule has 0 aromatic heterocycles. The molecule has 7 heteroatoms. The number of allylic oxidation sites excluding steroid dienone is 2. The van der Waals surface area contributed by atoms with Gasteiger partial charge in [-0.1, -0.05) is 36.8 Å². The molecule has 2 aromatic rings. The Morgan fingerprint density at radius 3 is 2.53 bits per heavy atom. The maximum atomic E-state index is 13.0. The number of hydrogen-bond acceptors (Lipinski definition) is 5. The zero-order valence-electron chi connectivity index (χ0n) is 20.0. The van der Waals surface area contributed by atoms with Crippen molar-refractivity contribution < 1.29 is 19.1 Å². The average Bonchev–Trinajstić information content (AvgIpc) is 2.85. The van der Waals surface area contributed by atoms with Crippen molar-refractivity contribution in [2.45, 2.75) is 26.7 Å². The summed E-state index contributed by atoms with van der Waals surface area (Å²) in [6, 6.07) is 13.9. The minimum atomic E-state index is -0.534. The Morgan fingerprint density at radius 1 is 1.09 bits per heavy atom. The number of amides is 2. The second-order valence-corrected chi connectivity index (χ2v) is 8.34. The highest BCUT2D eigenvalue weighted by Crippen LogP contribution is 2.28. The minimum absolute atomic E-state index is 0.0434. The Labute approximate surface area is 200 Å². The van der Waals surface area contributed by atoms with Crippen LogP contribution in [0.3, 0.4) is 0 Å². The Hall–Kier alpha value is -3.87. The Kier molecular flexibility index (Phi) is 8.62. The summed E-state index contributed by atoms with van der Waals surface area (Å²) in [5, 5.41) is 6.89. The van der Waals surface area contributed by atoms with Crippen LogP contribution in [-0.2, 0) is 4.79 Å². The predicted molar refractivity (Wildman–Crippen MR) is 134 cm³/mol. The fourth-order valence-electron chi connectivity index (χ4n) is 3.81. The van der Waals surface area contributed by atoms with Crippen molar-refractivity contribution in [3.63, 3.8) is 0 Å². The molecule has 0 radical (unpaired) electrons. The van der Waals surface area contributed by atoms with Crippen LogP contribution in [0.25, 0.3) is 6.08 Å². The number of methoxy groups -OCH3 is 2. The van der Waals surface area contributed by atoms with Crippen LogP contribution in [0.4, 0.5) is 0 Å². The number of hydrogen-bond donors (Lipinski definition) is 2. The molecule has 1 aliphatic carbocycles. The van der Waals surface area contributed by atoms with E-state index in [9.17, 15) is 9.59 Å². The van der Waals surface area contributed by atoms with E-state index in [-0.39, 0.29) is 11.6 Å². The first-order valence-corrected chi connectivity index (χ1v) is 11.2. The molecule has 7 nitrogen and oxygen atoms in total. The first-order chi connectivity index (χ1) is 16.4. The van der Waals surface area contributed by atoms with Crippen LogP contribution in [0.2, 0.25) is 0 Å². The Bertz CT molecular complexity index is 1110. The standard InChI is InChI=1S/C27H31N3O4/c1-18-10-11-22(19(2)14-18)17-28-30-27(32)24(29-26(31)20-8-6-5-7-9-20)15-21-12-13-23(33-3)16-25(21)34-4/h5-10,12-13,15-17,19,22H,11,14H2,1-4H3,(H,29,31)(H,30,32)/b24-15-,28-17-/t19-,22+/m0/s1. The first-order valence-electron chi connectivity index (χ1n) is 11.2. The van der Waals surface area contributed by atoms with Crippen LogP contribution < -0.4 is 20.2 Å². The number of nitrogens with zero attached hydrogens (tertiary/aromatic N) is 1. The number of carbonyl (C=O) groups is 2. The van der Waals surface area contributed by atoms with Gasteiger partial charge < -0.3 is 14.8 Å². The van der Waals surface area contributed by atoms with Crippen LogP contribution in [0, 0.1) is 11.8 Å². The van der Waals surface area contributed by atoms with Crippen LogP contribution in [0.5, 0.6) is 11.5 Å². The molecule has 0 fully saturated rings. The van der Waals surface area contributed by atoms with Gasteiger partial charge in [-0.15, -0.1) is 0 Å². The summed E-state index contributed by atoms with van der Waals surface area (Å²) in [6.45, 7) is 4.31. The van der Waals surface area contributed by atoms with Crippen LogP contribution in [0.1, 0.15) is 42.6 Å². The summed E-state index contributed by atoms with van der Waals surface area (Å²) >= 11 is 0. The molecule has 3 rings (SSSR count). The summed E-state index contributed by atoms with van der Waals surface area (Å²) < 4.78 is 10.7. The molecule has 0 unspecified atom stereocenters. The third-order valence-electron chi connectivity index (χ3n) is 5.81. The number of carbonyl (C=O) groups excluding carboxylic acids is 2. The van der Waals surface area contributed by atoms with Gasteiger partial charge in [0, 0.05) is 29.3 Å². The van der Waals surface area contributed by atoms with Gasteiger partial charge in [-0.25, -0.2) is 5.43 Å². The molecule has 0 saturated heterocycles.